The maximum Gasteiger partial charge on any atom is 0.200 e. The van der Waals surface area contributed by atoms with E-state index in [9.17, 15) is 8.78 Å². The Hall–Kier alpha value is -1.90. The van der Waals surface area contributed by atoms with E-state index < -0.39 is 11.6 Å². The summed E-state index contributed by atoms with van der Waals surface area (Å²) >= 11 is 0. The molecule has 3 heteroatoms. The van der Waals surface area contributed by atoms with Gasteiger partial charge in [-0.05, 0) is 92.5 Å². The molecule has 0 atom stereocenters. The predicted octanol–water partition coefficient (Wildman–Crippen LogP) is 8.31. The van der Waals surface area contributed by atoms with Crippen molar-refractivity contribution in [2.75, 3.05) is 6.61 Å². The molecular weight excluding hydrogens is 390 g/mol. The van der Waals surface area contributed by atoms with Crippen molar-refractivity contribution in [1.82, 2.24) is 0 Å². The predicted molar refractivity (Wildman–Crippen MR) is 125 cm³/mol. The van der Waals surface area contributed by atoms with Crippen molar-refractivity contribution in [3.05, 3.63) is 64.2 Å². The summed E-state index contributed by atoms with van der Waals surface area (Å²) in [6.07, 6.45) is 12.0. The molecule has 1 nitrogen and oxygen atoms in total. The molecule has 0 radical (unpaired) electrons. The van der Waals surface area contributed by atoms with Crippen molar-refractivity contribution in [1.29, 1.82) is 0 Å². The summed E-state index contributed by atoms with van der Waals surface area (Å²) in [7, 11) is 0. The summed E-state index contributed by atoms with van der Waals surface area (Å²) < 4.78 is 34.0. The molecule has 0 amide bonds. The largest absolute Gasteiger partial charge is 0.491 e. The van der Waals surface area contributed by atoms with Gasteiger partial charge >= 0.3 is 0 Å². The van der Waals surface area contributed by atoms with Gasteiger partial charge in [0.15, 0.2) is 11.6 Å². The SMILES string of the molecule is CCCCCC1CCC(c2ccc(CCc3c(C)cc(OCC)c(F)c3F)cc2)CC1. The van der Waals surface area contributed by atoms with E-state index in [0.29, 0.717) is 30.9 Å². The Balaban J connectivity index is 1.54. The minimum Gasteiger partial charge on any atom is -0.491 e. The second kappa shape index (κ2) is 11.6. The number of ether oxygens (including phenoxy) is 1. The molecule has 31 heavy (non-hydrogen) atoms. The molecule has 1 aliphatic carbocycles. The Morgan fingerprint density at radius 2 is 1.61 bits per heavy atom. The molecule has 0 N–H and O–H groups in total. The lowest BCUT2D eigenvalue weighted by Gasteiger charge is -2.29. The lowest BCUT2D eigenvalue weighted by Crippen LogP contribution is -2.13. The van der Waals surface area contributed by atoms with Crippen molar-refractivity contribution in [2.24, 2.45) is 5.92 Å². The Bertz CT molecular complexity index is 820. The summed E-state index contributed by atoms with van der Waals surface area (Å²) in [5.41, 5.74) is 3.80. The zero-order valence-electron chi connectivity index (χ0n) is 19.5. The Morgan fingerprint density at radius 3 is 2.26 bits per heavy atom. The van der Waals surface area contributed by atoms with E-state index >= 15 is 0 Å². The first kappa shape index (κ1) is 23.8. The van der Waals surface area contributed by atoms with Gasteiger partial charge in [0.05, 0.1) is 6.61 Å². The highest BCUT2D eigenvalue weighted by Gasteiger charge is 2.22. The molecule has 0 bridgehead atoms. The van der Waals surface area contributed by atoms with E-state index in [1.54, 1.807) is 13.0 Å². The van der Waals surface area contributed by atoms with Crippen molar-refractivity contribution < 1.29 is 13.5 Å². The fourth-order valence-corrected chi connectivity index (χ4v) is 5.02. The maximum absolute atomic E-state index is 14.5. The second-order valence-electron chi connectivity index (χ2n) is 9.19. The van der Waals surface area contributed by atoms with Gasteiger partial charge in [-0.25, -0.2) is 4.39 Å². The van der Waals surface area contributed by atoms with Crippen molar-refractivity contribution in [3.63, 3.8) is 0 Å². The van der Waals surface area contributed by atoms with Crippen LogP contribution in [0.3, 0.4) is 0 Å². The molecule has 0 aromatic heterocycles. The van der Waals surface area contributed by atoms with Crippen LogP contribution in [0.1, 0.15) is 93.4 Å². The molecule has 170 valence electrons. The molecule has 1 saturated carbocycles. The number of hydrogen-bond donors (Lipinski definition) is 0. The van der Waals surface area contributed by atoms with Crippen molar-refractivity contribution in [2.45, 2.75) is 90.9 Å². The van der Waals surface area contributed by atoms with E-state index in [2.05, 4.69) is 31.2 Å². The van der Waals surface area contributed by atoms with Crippen molar-refractivity contribution in [3.8, 4) is 5.75 Å². The fourth-order valence-electron chi connectivity index (χ4n) is 5.02. The minimum absolute atomic E-state index is 0.00527. The lowest BCUT2D eigenvalue weighted by molar-refractivity contribution is 0.303. The average molecular weight is 429 g/mol. The van der Waals surface area contributed by atoms with Crippen LogP contribution in [0.2, 0.25) is 0 Å². The molecule has 0 saturated heterocycles. The molecule has 1 aliphatic rings. The topological polar surface area (TPSA) is 9.23 Å². The summed E-state index contributed by atoms with van der Waals surface area (Å²) in [5, 5.41) is 0. The van der Waals surface area contributed by atoms with Crippen LogP contribution >= 0.6 is 0 Å². The monoisotopic (exact) mass is 428 g/mol. The van der Waals surface area contributed by atoms with Gasteiger partial charge in [-0.15, -0.1) is 0 Å². The van der Waals surface area contributed by atoms with Crippen LogP contribution in [-0.2, 0) is 12.8 Å². The molecular formula is C28H38F2O. The Morgan fingerprint density at radius 1 is 0.903 bits per heavy atom. The van der Waals surface area contributed by atoms with E-state index in [-0.39, 0.29) is 5.75 Å². The van der Waals surface area contributed by atoms with Gasteiger partial charge in [0.1, 0.15) is 0 Å². The number of halogens is 2. The van der Waals surface area contributed by atoms with Crippen molar-refractivity contribution >= 4 is 0 Å². The maximum atomic E-state index is 14.5. The highest BCUT2D eigenvalue weighted by molar-refractivity contribution is 5.38. The highest BCUT2D eigenvalue weighted by atomic mass is 19.2. The van der Waals surface area contributed by atoms with Crippen LogP contribution in [-0.4, -0.2) is 6.61 Å². The first-order valence-electron chi connectivity index (χ1n) is 12.2. The molecule has 2 aromatic carbocycles. The van der Waals surface area contributed by atoms with E-state index in [0.717, 1.165) is 11.5 Å². The quantitative estimate of drug-likeness (QED) is 0.346. The van der Waals surface area contributed by atoms with Crippen LogP contribution in [0, 0.1) is 24.5 Å². The first-order valence-corrected chi connectivity index (χ1v) is 12.2. The number of unbranched alkanes of at least 4 members (excludes halogenated alkanes) is 2. The summed E-state index contributed by atoms with van der Waals surface area (Å²) in [5.74, 6) is -0.0318. The lowest BCUT2D eigenvalue weighted by atomic mass is 9.77. The molecule has 0 unspecified atom stereocenters. The third-order valence-corrected chi connectivity index (χ3v) is 6.97. The zero-order chi connectivity index (χ0) is 22.2. The van der Waals surface area contributed by atoms with Crippen LogP contribution in [0.25, 0.3) is 0 Å². The van der Waals surface area contributed by atoms with Gasteiger partial charge in [-0.3, -0.25) is 0 Å². The van der Waals surface area contributed by atoms with E-state index in [4.69, 9.17) is 4.74 Å². The smallest absolute Gasteiger partial charge is 0.200 e. The number of hydrogen-bond acceptors (Lipinski definition) is 1. The van der Waals surface area contributed by atoms with Gasteiger partial charge in [-0.2, -0.15) is 4.39 Å². The van der Waals surface area contributed by atoms with Gasteiger partial charge in [0, 0.05) is 0 Å². The summed E-state index contributed by atoms with van der Waals surface area (Å²) in [6.45, 7) is 6.18. The van der Waals surface area contributed by atoms with E-state index in [1.807, 2.05) is 6.92 Å². The number of rotatable bonds is 10. The van der Waals surface area contributed by atoms with Crippen LogP contribution in [0.15, 0.2) is 30.3 Å². The van der Waals surface area contributed by atoms with Crippen LogP contribution in [0.5, 0.6) is 5.75 Å². The summed E-state index contributed by atoms with van der Waals surface area (Å²) in [6, 6.07) is 10.4. The van der Waals surface area contributed by atoms with Gasteiger partial charge in [-0.1, -0.05) is 56.9 Å². The average Bonchev–Trinajstić information content (AvgIpc) is 2.78. The molecule has 0 heterocycles. The number of aryl methyl sites for hydroxylation is 2. The standard InChI is InChI=1S/C28H38F2O/c1-4-6-7-8-21-9-14-23(15-10-21)24-16-11-22(12-17-24)13-18-25-20(3)19-26(31-5-2)28(30)27(25)29/h11-12,16-17,19,21,23H,4-10,13-15,18H2,1-3H3. The van der Waals surface area contributed by atoms with Gasteiger partial charge in [0.25, 0.3) is 0 Å². The Labute approximate surface area is 187 Å². The molecule has 1 fully saturated rings. The second-order valence-corrected chi connectivity index (χ2v) is 9.19. The van der Waals surface area contributed by atoms with Crippen LogP contribution in [0.4, 0.5) is 8.78 Å². The van der Waals surface area contributed by atoms with Crippen LogP contribution < -0.4 is 4.74 Å². The third-order valence-electron chi connectivity index (χ3n) is 6.97. The minimum atomic E-state index is -0.872. The van der Waals surface area contributed by atoms with Gasteiger partial charge in [0.2, 0.25) is 5.82 Å². The molecule has 0 aliphatic heterocycles. The van der Waals surface area contributed by atoms with E-state index in [1.165, 1.54) is 62.5 Å². The fraction of sp³-hybridized carbons (Fsp3) is 0.571. The zero-order valence-corrected chi connectivity index (χ0v) is 19.5. The normalized spacial score (nSPS) is 18.9. The van der Waals surface area contributed by atoms with Gasteiger partial charge < -0.3 is 4.74 Å². The third kappa shape index (κ3) is 6.30. The summed E-state index contributed by atoms with van der Waals surface area (Å²) in [4.78, 5) is 0. The molecule has 3 rings (SSSR count). The highest BCUT2D eigenvalue weighted by Crippen LogP contribution is 2.38. The molecule has 2 aromatic rings. The Kier molecular flexibility index (Phi) is 8.92. The number of benzene rings is 2. The molecule has 0 spiro atoms. The first-order chi connectivity index (χ1) is 15.0.